The van der Waals surface area contributed by atoms with E-state index in [1.54, 1.807) is 45.3 Å². The van der Waals surface area contributed by atoms with E-state index in [4.69, 9.17) is 39.8 Å². The van der Waals surface area contributed by atoms with Gasteiger partial charge in [0.15, 0.2) is 11.5 Å². The molecular formula is C60H24N4O2S7. The zero-order valence-corrected chi connectivity index (χ0v) is 43.6. The molecule has 6 aromatic heterocycles. The van der Waals surface area contributed by atoms with Gasteiger partial charge in [-0.1, -0.05) is 60.2 Å². The minimum atomic E-state index is 0.616. The van der Waals surface area contributed by atoms with Crippen molar-refractivity contribution in [3.63, 3.8) is 0 Å². The number of benzene rings is 5. The van der Waals surface area contributed by atoms with Crippen LogP contribution in [0.5, 0.6) is 11.5 Å². The normalized spacial score (nSPS) is 10.8. The molecule has 0 fully saturated rings. The van der Waals surface area contributed by atoms with Crippen molar-refractivity contribution >= 4 is 144 Å². The molecule has 73 heavy (non-hydrogen) atoms. The van der Waals surface area contributed by atoms with Crippen LogP contribution in [0.1, 0.15) is 10.4 Å². The van der Waals surface area contributed by atoms with Crippen LogP contribution in [-0.4, -0.2) is 8.75 Å². The molecule has 0 bridgehead atoms. The Hall–Kier alpha value is -8.64. The van der Waals surface area contributed by atoms with Gasteiger partial charge in [-0.3, -0.25) is 0 Å². The zero-order chi connectivity index (χ0) is 49.4. The van der Waals surface area contributed by atoms with E-state index in [1.165, 1.54) is 65.0 Å². The Kier molecular flexibility index (Phi) is 12.2. The van der Waals surface area contributed by atoms with Gasteiger partial charge in [-0.25, -0.2) is 0 Å². The number of rotatable bonds is 7. The number of hydrogen-bond acceptors (Lipinski definition) is 12. The summed E-state index contributed by atoms with van der Waals surface area (Å²) < 4.78 is 34.2. The van der Waals surface area contributed by atoms with Crippen molar-refractivity contribution in [1.29, 1.82) is 0 Å². The average Bonchev–Trinajstić information content (AvgIpc) is 4.27. The van der Waals surface area contributed by atoms with E-state index in [0.717, 1.165) is 83.5 Å². The van der Waals surface area contributed by atoms with Gasteiger partial charge >= 0.3 is 0 Å². The lowest BCUT2D eigenvalue weighted by Gasteiger charge is -2.09. The first kappa shape index (κ1) is 45.5. The minimum Gasteiger partial charge on any atom is -0.405 e. The molecule has 1 aliphatic heterocycles. The second-order valence-corrected chi connectivity index (χ2v) is 22.5. The summed E-state index contributed by atoms with van der Waals surface area (Å²) in [5, 5.41) is 7.49. The van der Waals surface area contributed by atoms with Crippen LogP contribution in [0.15, 0.2) is 106 Å². The van der Waals surface area contributed by atoms with Gasteiger partial charge in [-0.2, -0.15) is 17.5 Å². The second-order valence-electron chi connectivity index (χ2n) is 15.9. The first-order valence-corrected chi connectivity index (χ1v) is 27.4. The largest absolute Gasteiger partial charge is 0.405 e. The van der Waals surface area contributed by atoms with Crippen LogP contribution in [0.4, 0.5) is 11.4 Å². The maximum absolute atomic E-state index is 6.20. The molecule has 0 N–H and O–H groups in total. The van der Waals surface area contributed by atoms with Gasteiger partial charge < -0.3 is 9.47 Å². The maximum Gasteiger partial charge on any atom is 0.160 e. The number of fused-ring (bicyclic) bond motifs is 9. The molecule has 6 nitrogen and oxygen atoms in total. The number of ether oxygens (including phenoxy) is 2. The minimum absolute atomic E-state index is 0.616. The molecule has 1 aliphatic rings. The summed E-state index contributed by atoms with van der Waals surface area (Å²) in [5.74, 6) is 31.8. The highest BCUT2D eigenvalue weighted by Gasteiger charge is 2.29. The molecular weight excluding hydrogens is 1030 g/mol. The first-order valence-electron chi connectivity index (χ1n) is 21.8. The molecule has 5 aromatic carbocycles. The van der Waals surface area contributed by atoms with Crippen molar-refractivity contribution in [1.82, 2.24) is 8.75 Å². The molecule has 0 atom stereocenters. The predicted octanol–water partition coefficient (Wildman–Crippen LogP) is 16.2. The quantitative estimate of drug-likeness (QED) is 0.149. The van der Waals surface area contributed by atoms with Gasteiger partial charge in [-0.05, 0) is 113 Å². The molecule has 0 saturated carbocycles. The van der Waals surface area contributed by atoms with Gasteiger partial charge in [0.05, 0.1) is 32.8 Å². The Bertz CT molecular complexity index is 4790. The summed E-state index contributed by atoms with van der Waals surface area (Å²) in [5.41, 5.74) is 7.15. The molecule has 0 unspecified atom stereocenters. The van der Waals surface area contributed by atoms with E-state index in [-0.39, 0.29) is 0 Å². The summed E-state index contributed by atoms with van der Waals surface area (Å²) in [4.78, 5) is 7.95. The summed E-state index contributed by atoms with van der Waals surface area (Å²) in [6.07, 6.45) is 15.9. The lowest BCUT2D eigenvalue weighted by atomic mass is 10.0. The number of terminal acetylenes is 2. The van der Waals surface area contributed by atoms with E-state index in [1.807, 2.05) is 24.3 Å². The van der Waals surface area contributed by atoms with Crippen molar-refractivity contribution in [3.05, 3.63) is 108 Å². The SMILES string of the molecule is C#CC#CC#CC#COc1cc(C)sc1-c1ccc(-c2c3c(c(-c4ccc(-c5sc(-c6ccc7c(ccc8c9ccc%10cc(C)ccc%10c9sc78)c6)cc5OC#CC#CC#CC#C)s4)c4nsnc24)N=S=N3)s1. The third kappa shape index (κ3) is 8.52. The van der Waals surface area contributed by atoms with Crippen LogP contribution in [0.3, 0.4) is 0 Å². The van der Waals surface area contributed by atoms with Crippen LogP contribution >= 0.6 is 68.4 Å². The van der Waals surface area contributed by atoms with E-state index < -0.39 is 0 Å². The van der Waals surface area contributed by atoms with Gasteiger partial charge in [0, 0.05) is 102 Å². The van der Waals surface area contributed by atoms with Crippen molar-refractivity contribution in [2.45, 2.75) is 13.8 Å². The molecule has 338 valence electrons. The standard InChI is InChI=1S/C60H24N4O2S7/c1-5-7-9-11-13-15-29-65-44-32-36(4)67-59(44)48-27-25-46(68-48)51-53-55(63-72-61-53)52(56-54(51)62-73-64-56)47-26-28-49(69-47)60-45(66-30-16-14-12-10-8-6-2)34-50(70-60)39-20-22-41-38(33-39)19-24-43-42-23-18-37-31-35(3)17-21-40(37)57(42)71-58(41)43/h1-2,17-28,31-34H,3-4H3. The van der Waals surface area contributed by atoms with Gasteiger partial charge in [0.1, 0.15) is 34.6 Å². The molecule has 0 radical (unpaired) electrons. The molecule has 12 rings (SSSR count). The Morgan fingerprint density at radius 1 is 0.452 bits per heavy atom. The highest BCUT2D eigenvalue weighted by atomic mass is 32.1. The highest BCUT2D eigenvalue weighted by Crippen LogP contribution is 2.56. The van der Waals surface area contributed by atoms with Gasteiger partial charge in [0.2, 0.25) is 0 Å². The van der Waals surface area contributed by atoms with Crippen LogP contribution in [0.2, 0.25) is 0 Å². The zero-order valence-electron chi connectivity index (χ0n) is 37.9. The molecule has 13 heteroatoms. The third-order valence-electron chi connectivity index (χ3n) is 11.5. The number of thiophene rings is 5. The number of hydrogen-bond donors (Lipinski definition) is 0. The predicted molar refractivity (Wildman–Crippen MR) is 311 cm³/mol. The summed E-state index contributed by atoms with van der Waals surface area (Å²) in [6.45, 7) is 4.18. The van der Waals surface area contributed by atoms with Crippen molar-refractivity contribution in [3.8, 4) is 158 Å². The smallest absolute Gasteiger partial charge is 0.160 e. The summed E-state index contributed by atoms with van der Waals surface area (Å²) in [7, 11) is 0. The van der Waals surface area contributed by atoms with Crippen molar-refractivity contribution in [2.24, 2.45) is 8.73 Å². The van der Waals surface area contributed by atoms with E-state index in [9.17, 15) is 0 Å². The molecule has 0 saturated heterocycles. The summed E-state index contributed by atoms with van der Waals surface area (Å²) in [6, 6.07) is 34.8. The van der Waals surface area contributed by atoms with Crippen molar-refractivity contribution < 1.29 is 9.47 Å². The van der Waals surface area contributed by atoms with Crippen LogP contribution in [0, 0.1) is 110 Å². The topological polar surface area (TPSA) is 69.0 Å². The first-order chi connectivity index (χ1) is 35.9. The molecule has 0 spiro atoms. The van der Waals surface area contributed by atoms with Crippen LogP contribution < -0.4 is 9.47 Å². The highest BCUT2D eigenvalue weighted by molar-refractivity contribution is 7.58. The van der Waals surface area contributed by atoms with Crippen molar-refractivity contribution in [2.75, 3.05) is 0 Å². The molecule has 7 heterocycles. The fraction of sp³-hybridized carbons (Fsp3) is 0.0333. The number of aryl methyl sites for hydroxylation is 2. The van der Waals surface area contributed by atoms with E-state index in [2.05, 4.69) is 181 Å². The number of aromatic nitrogens is 2. The lowest BCUT2D eigenvalue weighted by Crippen LogP contribution is -1.85. The summed E-state index contributed by atoms with van der Waals surface area (Å²) >= 11 is 10.7. The molecule has 11 aromatic rings. The third-order valence-corrected chi connectivity index (χ3v) is 18.6. The molecule has 0 aliphatic carbocycles. The molecule has 0 amide bonds. The Morgan fingerprint density at radius 3 is 1.59 bits per heavy atom. The van der Waals surface area contributed by atoms with Crippen LogP contribution in [0.25, 0.3) is 104 Å². The van der Waals surface area contributed by atoms with Crippen LogP contribution in [-0.2, 0) is 11.4 Å². The van der Waals surface area contributed by atoms with Gasteiger partial charge in [0.25, 0.3) is 0 Å². The average molecular weight is 1060 g/mol. The Morgan fingerprint density at radius 2 is 0.973 bits per heavy atom. The Labute approximate surface area is 446 Å². The fourth-order valence-corrected chi connectivity index (χ4v) is 15.4. The van der Waals surface area contributed by atoms with E-state index >= 15 is 0 Å². The second kappa shape index (κ2) is 19.5. The fourth-order valence-electron chi connectivity index (χ4n) is 8.51. The van der Waals surface area contributed by atoms with E-state index in [0.29, 0.717) is 11.5 Å². The van der Waals surface area contributed by atoms with Gasteiger partial charge in [-0.15, -0.1) is 69.5 Å². The monoisotopic (exact) mass is 1060 g/mol. The lowest BCUT2D eigenvalue weighted by molar-refractivity contribution is 0.524. The Balaban J connectivity index is 0.903. The number of nitrogens with zero attached hydrogens (tertiary/aromatic N) is 4. The maximum atomic E-state index is 6.20.